The lowest BCUT2D eigenvalue weighted by molar-refractivity contribution is -0.121. The van der Waals surface area contributed by atoms with Crippen LogP contribution in [0.3, 0.4) is 0 Å². The van der Waals surface area contributed by atoms with Crippen LogP contribution in [0.1, 0.15) is 65.9 Å². The zero-order valence-corrected chi connectivity index (χ0v) is 21.9. The van der Waals surface area contributed by atoms with E-state index in [1.54, 1.807) is 45.2 Å². The van der Waals surface area contributed by atoms with Crippen molar-refractivity contribution in [1.82, 2.24) is 14.6 Å². The number of benzene rings is 1. The highest BCUT2D eigenvalue weighted by Gasteiger charge is 2.48. The number of aliphatic hydroxyl groups is 1. The van der Waals surface area contributed by atoms with Crippen molar-refractivity contribution in [3.05, 3.63) is 42.0 Å². The van der Waals surface area contributed by atoms with Crippen LogP contribution in [0.2, 0.25) is 0 Å². The minimum atomic E-state index is -0.859. The molecule has 0 spiro atoms. The van der Waals surface area contributed by atoms with E-state index in [4.69, 9.17) is 4.74 Å². The first-order valence-corrected chi connectivity index (χ1v) is 12.7. The third-order valence-corrected chi connectivity index (χ3v) is 6.89. The average molecular weight is 507 g/mol. The van der Waals surface area contributed by atoms with Gasteiger partial charge >= 0.3 is 6.09 Å². The molecule has 37 heavy (non-hydrogen) atoms. The lowest BCUT2D eigenvalue weighted by Gasteiger charge is -2.26. The molecule has 5 rings (SSSR count). The minimum absolute atomic E-state index is 0.213. The Kier molecular flexibility index (Phi) is 6.10. The highest BCUT2D eigenvalue weighted by Crippen LogP contribution is 2.43. The van der Waals surface area contributed by atoms with E-state index in [1.165, 1.54) is 0 Å². The number of imide groups is 1. The fourth-order valence-corrected chi connectivity index (χ4v) is 4.94. The van der Waals surface area contributed by atoms with E-state index in [0.717, 1.165) is 42.0 Å². The standard InChI is InChI=1S/C27H34N6O4/c1-26(2,3)37-25(36)32-20-15-17(11-14-19(20)27(4,5)23(32)35)29-24-30-22-8-6-7-21(33(22)31-24)28-16-9-12-18(34)13-10-16/h6-8,11,14-16,18,28,34H,9-10,12-13H2,1-5H3,(H,29,31)/t16-,18+. The average Bonchev–Trinajstić information content (AvgIpc) is 3.30. The van der Waals surface area contributed by atoms with E-state index in [0.29, 0.717) is 23.0 Å². The predicted molar refractivity (Wildman–Crippen MR) is 141 cm³/mol. The molecule has 3 heterocycles. The van der Waals surface area contributed by atoms with E-state index >= 15 is 0 Å². The van der Waals surface area contributed by atoms with E-state index < -0.39 is 17.1 Å². The van der Waals surface area contributed by atoms with Crippen LogP contribution in [0, 0.1) is 0 Å². The lowest BCUT2D eigenvalue weighted by Crippen LogP contribution is -2.43. The molecule has 1 fully saturated rings. The first-order chi connectivity index (χ1) is 17.4. The monoisotopic (exact) mass is 506 g/mol. The maximum Gasteiger partial charge on any atom is 0.421 e. The summed E-state index contributed by atoms with van der Waals surface area (Å²) >= 11 is 0. The van der Waals surface area contributed by atoms with Gasteiger partial charge in [-0.25, -0.2) is 9.69 Å². The quantitative estimate of drug-likeness (QED) is 0.464. The second-order valence-corrected chi connectivity index (χ2v) is 11.4. The molecule has 0 saturated heterocycles. The van der Waals surface area contributed by atoms with Crippen molar-refractivity contribution < 1.29 is 19.4 Å². The number of nitrogens with one attached hydrogen (secondary N) is 2. The maximum atomic E-state index is 13.2. The molecule has 10 heteroatoms. The Hall–Kier alpha value is -3.66. The van der Waals surface area contributed by atoms with Crippen LogP contribution in [-0.2, 0) is 14.9 Å². The second kappa shape index (κ2) is 9.02. The molecule has 0 atom stereocenters. The second-order valence-electron chi connectivity index (χ2n) is 11.4. The molecule has 3 aromatic rings. The van der Waals surface area contributed by atoms with Gasteiger partial charge in [0.2, 0.25) is 11.9 Å². The fourth-order valence-electron chi connectivity index (χ4n) is 4.94. The summed E-state index contributed by atoms with van der Waals surface area (Å²) < 4.78 is 7.27. The number of carbonyl (C=O) groups excluding carboxylic acids is 2. The van der Waals surface area contributed by atoms with Crippen molar-refractivity contribution >= 4 is 40.8 Å². The number of amides is 2. The highest BCUT2D eigenvalue weighted by atomic mass is 16.6. The first kappa shape index (κ1) is 25.0. The van der Waals surface area contributed by atoms with E-state index in [-0.39, 0.29) is 18.1 Å². The van der Waals surface area contributed by atoms with Crippen molar-refractivity contribution in [2.24, 2.45) is 0 Å². The zero-order chi connectivity index (χ0) is 26.5. The van der Waals surface area contributed by atoms with Crippen LogP contribution >= 0.6 is 0 Å². The van der Waals surface area contributed by atoms with E-state index in [1.807, 2.05) is 30.3 Å². The van der Waals surface area contributed by atoms with Gasteiger partial charge in [-0.05, 0) is 90.1 Å². The molecule has 10 nitrogen and oxygen atoms in total. The summed E-state index contributed by atoms with van der Waals surface area (Å²) in [6, 6.07) is 11.5. The molecule has 0 radical (unpaired) electrons. The zero-order valence-electron chi connectivity index (χ0n) is 21.9. The number of hydrogen-bond donors (Lipinski definition) is 3. The Balaban J connectivity index is 1.41. The van der Waals surface area contributed by atoms with Gasteiger partial charge in [0.15, 0.2) is 5.65 Å². The number of aromatic nitrogens is 3. The van der Waals surface area contributed by atoms with Gasteiger partial charge in [-0.3, -0.25) is 4.79 Å². The smallest absolute Gasteiger partial charge is 0.421 e. The fraction of sp³-hybridized carbons (Fsp3) is 0.481. The molecular weight excluding hydrogens is 472 g/mol. The van der Waals surface area contributed by atoms with Gasteiger partial charge in [0.25, 0.3) is 0 Å². The Labute approximate surface area is 216 Å². The molecule has 196 valence electrons. The number of nitrogens with zero attached hydrogens (tertiary/aromatic N) is 4. The molecule has 1 saturated carbocycles. The molecule has 1 aromatic carbocycles. The molecule has 1 aliphatic carbocycles. The summed E-state index contributed by atoms with van der Waals surface area (Å²) in [5.74, 6) is 0.892. The predicted octanol–water partition coefficient (Wildman–Crippen LogP) is 4.75. The minimum Gasteiger partial charge on any atom is -0.443 e. The molecule has 3 N–H and O–H groups in total. The lowest BCUT2D eigenvalue weighted by atomic mass is 9.86. The molecule has 2 aromatic heterocycles. The van der Waals surface area contributed by atoms with Gasteiger partial charge in [0, 0.05) is 11.7 Å². The summed E-state index contributed by atoms with van der Waals surface area (Å²) in [4.78, 5) is 31.8. The van der Waals surface area contributed by atoms with Crippen molar-refractivity contribution in [2.75, 3.05) is 15.5 Å². The number of anilines is 4. The number of hydrogen-bond acceptors (Lipinski definition) is 8. The number of ether oxygens (including phenoxy) is 1. The highest BCUT2D eigenvalue weighted by molar-refractivity contribution is 6.21. The Morgan fingerprint density at radius 1 is 1.14 bits per heavy atom. The van der Waals surface area contributed by atoms with Gasteiger partial charge in [-0.15, -0.1) is 5.10 Å². The third-order valence-electron chi connectivity index (χ3n) is 6.89. The van der Waals surface area contributed by atoms with Crippen molar-refractivity contribution in [1.29, 1.82) is 0 Å². The van der Waals surface area contributed by atoms with Crippen LogP contribution in [-0.4, -0.2) is 49.5 Å². The van der Waals surface area contributed by atoms with Crippen LogP contribution in [0.15, 0.2) is 36.4 Å². The van der Waals surface area contributed by atoms with Crippen molar-refractivity contribution in [3.63, 3.8) is 0 Å². The number of aliphatic hydroxyl groups excluding tert-OH is 1. The SMILES string of the molecule is CC(C)(C)OC(=O)N1C(=O)C(C)(C)c2ccc(Nc3nc4cccc(N[C@H]5CC[C@@H](O)CC5)n4n3)cc21. The maximum absolute atomic E-state index is 13.2. The summed E-state index contributed by atoms with van der Waals surface area (Å²) in [7, 11) is 0. The van der Waals surface area contributed by atoms with Crippen LogP contribution in [0.4, 0.5) is 27.9 Å². The molecule has 2 aliphatic rings. The number of rotatable bonds is 4. The summed E-state index contributed by atoms with van der Waals surface area (Å²) in [5, 5.41) is 21.2. The van der Waals surface area contributed by atoms with Crippen molar-refractivity contribution in [2.45, 2.75) is 83.5 Å². The van der Waals surface area contributed by atoms with E-state index in [2.05, 4.69) is 20.7 Å². The molecule has 0 unspecified atom stereocenters. The molecule has 1 aliphatic heterocycles. The molecular formula is C27H34N6O4. The number of fused-ring (bicyclic) bond motifs is 2. The largest absolute Gasteiger partial charge is 0.443 e. The molecule has 2 amide bonds. The van der Waals surface area contributed by atoms with Crippen LogP contribution in [0.5, 0.6) is 0 Å². The first-order valence-electron chi connectivity index (χ1n) is 12.7. The van der Waals surface area contributed by atoms with Gasteiger partial charge in [0.1, 0.15) is 11.4 Å². The van der Waals surface area contributed by atoms with Crippen LogP contribution in [0.25, 0.3) is 5.65 Å². The Morgan fingerprint density at radius 3 is 2.57 bits per heavy atom. The van der Waals surface area contributed by atoms with Gasteiger partial charge in [-0.2, -0.15) is 9.50 Å². The van der Waals surface area contributed by atoms with Gasteiger partial charge < -0.3 is 20.5 Å². The van der Waals surface area contributed by atoms with E-state index in [9.17, 15) is 14.7 Å². The Bertz CT molecular complexity index is 1350. The summed E-state index contributed by atoms with van der Waals surface area (Å²) in [6.45, 7) is 8.91. The number of carbonyl (C=O) groups is 2. The normalized spacial score (nSPS) is 21.1. The summed E-state index contributed by atoms with van der Waals surface area (Å²) in [5.41, 5.74) is 0.965. The summed E-state index contributed by atoms with van der Waals surface area (Å²) in [6.07, 6.45) is 2.46. The number of pyridine rings is 1. The molecule has 0 bridgehead atoms. The third kappa shape index (κ3) is 4.85. The van der Waals surface area contributed by atoms with Crippen molar-refractivity contribution in [3.8, 4) is 0 Å². The topological polar surface area (TPSA) is 121 Å². The Morgan fingerprint density at radius 2 is 1.86 bits per heavy atom. The van der Waals surface area contributed by atoms with Gasteiger partial charge in [-0.1, -0.05) is 12.1 Å². The van der Waals surface area contributed by atoms with Crippen LogP contribution < -0.4 is 15.5 Å². The van der Waals surface area contributed by atoms with Gasteiger partial charge in [0.05, 0.1) is 17.2 Å².